The quantitative estimate of drug-likeness (QED) is 0.684. The van der Waals surface area contributed by atoms with Gasteiger partial charge in [-0.1, -0.05) is 29.8 Å². The number of amides is 2. The van der Waals surface area contributed by atoms with Crippen molar-refractivity contribution in [3.8, 4) is 6.07 Å². The van der Waals surface area contributed by atoms with E-state index < -0.39 is 0 Å². The summed E-state index contributed by atoms with van der Waals surface area (Å²) in [5.74, 6) is -0.146. The molecular formula is C26H27ClN4O2. The Hall–Kier alpha value is -2.88. The second kappa shape index (κ2) is 8.48. The highest BCUT2D eigenvalue weighted by Gasteiger charge is 2.44. The number of nitrogens with zero attached hydrogens (tertiary/aromatic N) is 4. The minimum absolute atomic E-state index is 0.0631. The lowest BCUT2D eigenvalue weighted by Crippen LogP contribution is -2.59. The monoisotopic (exact) mass is 462 g/mol. The predicted octanol–water partition coefficient (Wildman–Crippen LogP) is 3.58. The molecule has 0 N–H and O–H groups in total. The third kappa shape index (κ3) is 3.90. The molecule has 33 heavy (non-hydrogen) atoms. The largest absolute Gasteiger partial charge is 0.339 e. The summed E-state index contributed by atoms with van der Waals surface area (Å²) in [6, 6.07) is 12.8. The molecule has 0 saturated carbocycles. The number of hydrogen-bond acceptors (Lipinski definition) is 4. The fraction of sp³-hybridized carbons (Fsp3) is 0.423. The van der Waals surface area contributed by atoms with Crippen molar-refractivity contribution < 1.29 is 9.59 Å². The molecule has 2 saturated heterocycles. The summed E-state index contributed by atoms with van der Waals surface area (Å²) in [7, 11) is 2.15. The van der Waals surface area contributed by atoms with Crippen LogP contribution in [0.15, 0.2) is 36.4 Å². The van der Waals surface area contributed by atoms with Gasteiger partial charge in [-0.15, -0.1) is 0 Å². The SMILES string of the molecule is CN1CC2(CCN(C(=O)c3cccc4c3CN(C(=O)c3cccc(C#N)c3Cl)CC4)CC2)C1. The molecule has 0 bridgehead atoms. The molecule has 1 spiro atoms. The number of likely N-dealkylation sites (tertiary alicyclic amines) is 2. The summed E-state index contributed by atoms with van der Waals surface area (Å²) in [6.07, 6.45) is 2.79. The lowest BCUT2D eigenvalue weighted by Gasteiger charge is -2.53. The number of hydrogen-bond donors (Lipinski definition) is 0. The Labute approximate surface area is 199 Å². The number of piperidine rings is 1. The molecule has 0 atom stereocenters. The molecule has 7 heteroatoms. The van der Waals surface area contributed by atoms with Crippen molar-refractivity contribution in [1.29, 1.82) is 5.26 Å². The zero-order valence-corrected chi connectivity index (χ0v) is 19.6. The van der Waals surface area contributed by atoms with Gasteiger partial charge in [-0.2, -0.15) is 5.26 Å². The molecule has 2 aromatic rings. The first-order valence-electron chi connectivity index (χ1n) is 11.5. The number of carbonyl (C=O) groups excluding carboxylic acids is 2. The van der Waals surface area contributed by atoms with Gasteiger partial charge in [0.05, 0.1) is 16.1 Å². The van der Waals surface area contributed by atoms with Gasteiger partial charge >= 0.3 is 0 Å². The van der Waals surface area contributed by atoms with Crippen LogP contribution in [0.2, 0.25) is 5.02 Å². The lowest BCUT2D eigenvalue weighted by atomic mass is 9.72. The van der Waals surface area contributed by atoms with Crippen LogP contribution < -0.4 is 0 Å². The van der Waals surface area contributed by atoms with Crippen LogP contribution in [0.1, 0.15) is 50.2 Å². The first kappa shape index (κ1) is 21.9. The Morgan fingerprint density at radius 3 is 2.33 bits per heavy atom. The van der Waals surface area contributed by atoms with Gasteiger partial charge in [0.25, 0.3) is 11.8 Å². The molecule has 3 aliphatic heterocycles. The van der Waals surface area contributed by atoms with Gasteiger partial charge in [0.2, 0.25) is 0 Å². The van der Waals surface area contributed by atoms with E-state index in [9.17, 15) is 14.9 Å². The van der Waals surface area contributed by atoms with Crippen LogP contribution in [0.25, 0.3) is 0 Å². The number of halogens is 1. The average Bonchev–Trinajstić information content (AvgIpc) is 2.82. The van der Waals surface area contributed by atoms with Crippen LogP contribution in [-0.4, -0.2) is 66.3 Å². The molecule has 0 aromatic heterocycles. The van der Waals surface area contributed by atoms with Crippen LogP contribution in [0.4, 0.5) is 0 Å². The van der Waals surface area contributed by atoms with Crippen molar-refractivity contribution in [3.63, 3.8) is 0 Å². The van der Waals surface area contributed by atoms with Gasteiger partial charge < -0.3 is 14.7 Å². The predicted molar refractivity (Wildman–Crippen MR) is 126 cm³/mol. The second-order valence-corrected chi connectivity index (χ2v) is 10.0. The van der Waals surface area contributed by atoms with E-state index in [-0.39, 0.29) is 22.4 Å². The van der Waals surface area contributed by atoms with E-state index in [1.165, 1.54) is 0 Å². The van der Waals surface area contributed by atoms with Crippen molar-refractivity contribution >= 4 is 23.4 Å². The highest BCUT2D eigenvalue weighted by atomic mass is 35.5. The zero-order chi connectivity index (χ0) is 23.2. The highest BCUT2D eigenvalue weighted by Crippen LogP contribution is 2.40. The molecule has 2 fully saturated rings. The Kier molecular flexibility index (Phi) is 5.64. The lowest BCUT2D eigenvalue weighted by molar-refractivity contribution is -0.0269. The first-order chi connectivity index (χ1) is 15.9. The van der Waals surface area contributed by atoms with E-state index in [2.05, 4.69) is 11.9 Å². The molecule has 0 unspecified atom stereocenters. The van der Waals surface area contributed by atoms with Gasteiger partial charge in [0, 0.05) is 44.8 Å². The molecule has 3 heterocycles. The van der Waals surface area contributed by atoms with Gasteiger partial charge in [-0.05, 0) is 61.1 Å². The van der Waals surface area contributed by atoms with E-state index in [0.717, 1.165) is 50.1 Å². The smallest absolute Gasteiger partial charge is 0.255 e. The van der Waals surface area contributed by atoms with Crippen LogP contribution in [0.3, 0.4) is 0 Å². The van der Waals surface area contributed by atoms with Crippen LogP contribution in [0.5, 0.6) is 0 Å². The molecule has 2 aromatic carbocycles. The maximum atomic E-state index is 13.5. The Morgan fingerprint density at radius 2 is 1.64 bits per heavy atom. The van der Waals surface area contributed by atoms with E-state index >= 15 is 0 Å². The minimum Gasteiger partial charge on any atom is -0.339 e. The maximum Gasteiger partial charge on any atom is 0.255 e. The van der Waals surface area contributed by atoms with Crippen LogP contribution >= 0.6 is 11.6 Å². The topological polar surface area (TPSA) is 67.7 Å². The van der Waals surface area contributed by atoms with Crippen molar-refractivity contribution in [1.82, 2.24) is 14.7 Å². The van der Waals surface area contributed by atoms with Crippen LogP contribution in [0, 0.1) is 16.7 Å². The summed E-state index contributed by atoms with van der Waals surface area (Å²) in [4.78, 5) is 32.8. The van der Waals surface area contributed by atoms with Gasteiger partial charge in [-0.3, -0.25) is 9.59 Å². The van der Waals surface area contributed by atoms with Crippen molar-refractivity contribution in [2.45, 2.75) is 25.8 Å². The molecule has 2 amide bonds. The fourth-order valence-corrected chi connectivity index (χ4v) is 5.93. The van der Waals surface area contributed by atoms with Crippen LogP contribution in [-0.2, 0) is 13.0 Å². The van der Waals surface area contributed by atoms with E-state index in [1.807, 2.05) is 29.2 Å². The molecule has 3 aliphatic rings. The molecular weight excluding hydrogens is 436 g/mol. The summed E-state index contributed by atoms with van der Waals surface area (Å²) >= 11 is 6.32. The molecule has 170 valence electrons. The average molecular weight is 463 g/mol. The maximum absolute atomic E-state index is 13.5. The minimum atomic E-state index is -0.209. The summed E-state index contributed by atoms with van der Waals surface area (Å²) < 4.78 is 0. The third-order valence-corrected chi connectivity index (χ3v) is 7.87. The Balaban J connectivity index is 1.35. The molecule has 0 radical (unpaired) electrons. The van der Waals surface area contributed by atoms with Gasteiger partial charge in [0.1, 0.15) is 6.07 Å². The standard InChI is InChI=1S/C26H27ClN4O2/c1-29-16-26(17-29)9-12-30(13-10-26)24(32)20-6-2-4-18-8-11-31(15-22(18)20)25(33)21-7-3-5-19(14-28)23(21)27/h2-7H,8-13,15-17H2,1H3. The van der Waals surface area contributed by atoms with Crippen molar-refractivity contribution in [2.75, 3.05) is 39.8 Å². The first-order valence-corrected chi connectivity index (χ1v) is 11.8. The Bertz CT molecular complexity index is 1160. The molecule has 5 rings (SSSR count). The number of carbonyl (C=O) groups is 2. The number of benzene rings is 2. The van der Waals surface area contributed by atoms with E-state index in [1.54, 1.807) is 23.1 Å². The summed E-state index contributed by atoms with van der Waals surface area (Å²) in [5, 5.41) is 9.43. The summed E-state index contributed by atoms with van der Waals surface area (Å²) in [5.41, 5.74) is 3.76. The number of nitriles is 1. The fourth-order valence-electron chi connectivity index (χ4n) is 5.68. The van der Waals surface area contributed by atoms with Gasteiger partial charge in [0.15, 0.2) is 0 Å². The van der Waals surface area contributed by atoms with Crippen molar-refractivity contribution in [3.05, 3.63) is 69.2 Å². The van der Waals surface area contributed by atoms with E-state index in [0.29, 0.717) is 36.1 Å². The number of fused-ring (bicyclic) bond motifs is 1. The third-order valence-electron chi connectivity index (χ3n) is 7.46. The highest BCUT2D eigenvalue weighted by molar-refractivity contribution is 6.35. The molecule has 6 nitrogen and oxygen atoms in total. The number of rotatable bonds is 2. The Morgan fingerprint density at radius 1 is 0.970 bits per heavy atom. The molecule has 0 aliphatic carbocycles. The summed E-state index contributed by atoms with van der Waals surface area (Å²) in [6.45, 7) is 4.75. The van der Waals surface area contributed by atoms with E-state index in [4.69, 9.17) is 11.6 Å². The van der Waals surface area contributed by atoms with Crippen molar-refractivity contribution in [2.24, 2.45) is 5.41 Å². The second-order valence-electron chi connectivity index (χ2n) is 9.66. The zero-order valence-electron chi connectivity index (χ0n) is 18.8. The van der Waals surface area contributed by atoms with Gasteiger partial charge in [-0.25, -0.2) is 0 Å². The normalized spacial score (nSPS) is 19.5.